The average Bonchev–Trinajstić information content (AvgIpc) is 3.25. The average molecular weight is 444 g/mol. The Morgan fingerprint density at radius 1 is 1.13 bits per heavy atom. The molecule has 0 saturated carbocycles. The van der Waals surface area contributed by atoms with Crippen molar-refractivity contribution in [1.29, 1.82) is 0 Å². The van der Waals surface area contributed by atoms with E-state index in [1.54, 1.807) is 32.0 Å². The lowest BCUT2D eigenvalue weighted by Crippen LogP contribution is -2.45. The number of hydrogen-bond donors (Lipinski definition) is 1. The quantitative estimate of drug-likeness (QED) is 0.757. The molecule has 10 heteroatoms. The number of carbonyl (C=O) groups excluding carboxylic acids is 1. The highest BCUT2D eigenvalue weighted by atomic mass is 35.5. The van der Waals surface area contributed by atoms with E-state index in [1.807, 2.05) is 13.8 Å². The van der Waals surface area contributed by atoms with Crippen LogP contribution in [0, 0.1) is 0 Å². The Kier molecular flexibility index (Phi) is 5.63. The van der Waals surface area contributed by atoms with Crippen molar-refractivity contribution in [3.8, 4) is 5.75 Å². The van der Waals surface area contributed by atoms with Gasteiger partial charge in [-0.2, -0.15) is 0 Å². The van der Waals surface area contributed by atoms with Crippen LogP contribution >= 0.6 is 11.6 Å². The Morgan fingerprint density at radius 2 is 1.90 bits per heavy atom. The molecule has 9 nitrogen and oxygen atoms in total. The third kappa shape index (κ3) is 4.37. The number of hydrogen-bond acceptors (Lipinski definition) is 8. The fourth-order valence-electron chi connectivity index (χ4n) is 3.83. The zero-order chi connectivity index (χ0) is 21.7. The fourth-order valence-corrected chi connectivity index (χ4v) is 4.09. The summed E-state index contributed by atoms with van der Waals surface area (Å²) in [6, 6.07) is 4.88. The molecule has 0 radical (unpaired) electrons. The summed E-state index contributed by atoms with van der Waals surface area (Å²) < 4.78 is 40.2. The summed E-state index contributed by atoms with van der Waals surface area (Å²) >= 11 is 6.12. The Labute approximate surface area is 179 Å². The van der Waals surface area contributed by atoms with E-state index in [2.05, 4.69) is 5.32 Å². The summed E-state index contributed by atoms with van der Waals surface area (Å²) in [4.78, 5) is 12.6. The lowest BCUT2D eigenvalue weighted by Gasteiger charge is -2.28. The van der Waals surface area contributed by atoms with Crippen molar-refractivity contribution in [2.75, 3.05) is 19.0 Å². The van der Waals surface area contributed by atoms with Crippen LogP contribution in [0.2, 0.25) is 5.02 Å². The molecule has 3 aliphatic rings. The number of anilines is 1. The molecule has 0 spiro atoms. The van der Waals surface area contributed by atoms with Gasteiger partial charge < -0.3 is 33.2 Å². The summed E-state index contributed by atoms with van der Waals surface area (Å²) in [5.41, 5.74) is 0.461. The van der Waals surface area contributed by atoms with Crippen LogP contribution in [0.15, 0.2) is 18.2 Å². The third-order valence-electron chi connectivity index (χ3n) is 5.07. The highest BCUT2D eigenvalue weighted by molar-refractivity contribution is 6.32. The zero-order valence-corrected chi connectivity index (χ0v) is 18.2. The van der Waals surface area contributed by atoms with Crippen LogP contribution in [0.5, 0.6) is 5.75 Å². The number of carbonyl (C=O) groups is 1. The van der Waals surface area contributed by atoms with Crippen LogP contribution in [0.3, 0.4) is 0 Å². The minimum absolute atomic E-state index is 0.302. The van der Waals surface area contributed by atoms with E-state index in [1.165, 1.54) is 7.11 Å². The van der Waals surface area contributed by atoms with E-state index in [-0.39, 0.29) is 0 Å². The number of ether oxygens (including phenoxy) is 7. The monoisotopic (exact) mass is 443 g/mol. The molecule has 3 unspecified atom stereocenters. The largest absolute Gasteiger partial charge is 0.495 e. The predicted octanol–water partition coefficient (Wildman–Crippen LogP) is 3.29. The normalized spacial score (nSPS) is 33.9. The van der Waals surface area contributed by atoms with E-state index >= 15 is 0 Å². The van der Waals surface area contributed by atoms with Crippen molar-refractivity contribution in [2.45, 2.75) is 70.0 Å². The first kappa shape index (κ1) is 21.6. The van der Waals surface area contributed by atoms with Gasteiger partial charge in [0.2, 0.25) is 0 Å². The van der Waals surface area contributed by atoms with Gasteiger partial charge in [-0.05, 0) is 45.9 Å². The molecule has 4 rings (SSSR count). The lowest BCUT2D eigenvalue weighted by molar-refractivity contribution is -0.231. The first-order valence-corrected chi connectivity index (χ1v) is 10.1. The van der Waals surface area contributed by atoms with E-state index in [0.717, 1.165) is 0 Å². The first-order chi connectivity index (χ1) is 14.1. The maximum Gasteiger partial charge on any atom is 0.412 e. The van der Waals surface area contributed by atoms with Gasteiger partial charge in [0.05, 0.1) is 18.7 Å². The number of fused-ring (bicyclic) bond motifs is 1. The van der Waals surface area contributed by atoms with E-state index in [9.17, 15) is 4.79 Å². The molecular formula is C20H26ClNO8. The molecule has 1 amide bonds. The van der Waals surface area contributed by atoms with Gasteiger partial charge in [0.1, 0.15) is 18.0 Å². The SMILES string of the molecule is COc1ccc(NC(=O)OC2C3OC(C)(C)O[C@H]3O[C@@H]2C2COC(C)(C)O2)cc1Cl. The van der Waals surface area contributed by atoms with Gasteiger partial charge in [-0.1, -0.05) is 11.6 Å². The predicted molar refractivity (Wildman–Crippen MR) is 105 cm³/mol. The Hall–Kier alpha value is -1.62. The van der Waals surface area contributed by atoms with Gasteiger partial charge in [0.15, 0.2) is 30.1 Å². The first-order valence-electron chi connectivity index (χ1n) is 9.71. The maximum absolute atomic E-state index is 12.6. The second kappa shape index (κ2) is 7.81. The van der Waals surface area contributed by atoms with E-state index in [4.69, 9.17) is 44.8 Å². The van der Waals surface area contributed by atoms with Crippen molar-refractivity contribution >= 4 is 23.4 Å². The van der Waals surface area contributed by atoms with Crippen LogP contribution in [-0.2, 0) is 28.4 Å². The van der Waals surface area contributed by atoms with Gasteiger partial charge in [0.25, 0.3) is 0 Å². The maximum atomic E-state index is 12.6. The summed E-state index contributed by atoms with van der Waals surface area (Å²) in [5, 5.41) is 3.03. The Bertz CT molecular complexity index is 816. The van der Waals surface area contributed by atoms with Crippen molar-refractivity contribution in [2.24, 2.45) is 0 Å². The van der Waals surface area contributed by atoms with Gasteiger partial charge in [0, 0.05) is 5.69 Å². The molecular weight excluding hydrogens is 418 g/mol. The molecule has 30 heavy (non-hydrogen) atoms. The second-order valence-corrected chi connectivity index (χ2v) is 8.69. The fraction of sp³-hybridized carbons (Fsp3) is 0.650. The Morgan fingerprint density at radius 3 is 2.53 bits per heavy atom. The number of amides is 1. The number of nitrogens with one attached hydrogen (secondary N) is 1. The van der Waals surface area contributed by atoms with Crippen LogP contribution in [0.4, 0.5) is 10.5 Å². The molecule has 3 fully saturated rings. The molecule has 1 aromatic carbocycles. The number of halogens is 1. The lowest BCUT2D eigenvalue weighted by atomic mass is 10.1. The molecule has 3 saturated heterocycles. The molecule has 1 N–H and O–H groups in total. The van der Waals surface area contributed by atoms with Crippen LogP contribution in [0.1, 0.15) is 27.7 Å². The minimum Gasteiger partial charge on any atom is -0.495 e. The molecule has 0 aliphatic carbocycles. The molecule has 1 aromatic rings. The number of rotatable bonds is 4. The molecule has 3 heterocycles. The molecule has 0 bridgehead atoms. The van der Waals surface area contributed by atoms with Gasteiger partial charge in [-0.15, -0.1) is 0 Å². The summed E-state index contributed by atoms with van der Waals surface area (Å²) in [6.45, 7) is 7.48. The van der Waals surface area contributed by atoms with Gasteiger partial charge in [-0.25, -0.2) is 4.79 Å². The molecule has 0 aromatic heterocycles. The van der Waals surface area contributed by atoms with Crippen LogP contribution < -0.4 is 10.1 Å². The van der Waals surface area contributed by atoms with Crippen molar-refractivity contribution < 1.29 is 38.0 Å². The van der Waals surface area contributed by atoms with Crippen molar-refractivity contribution in [3.63, 3.8) is 0 Å². The van der Waals surface area contributed by atoms with E-state index < -0.39 is 48.4 Å². The topological polar surface area (TPSA) is 93.7 Å². The second-order valence-electron chi connectivity index (χ2n) is 8.28. The van der Waals surface area contributed by atoms with Crippen molar-refractivity contribution in [3.05, 3.63) is 23.2 Å². The number of benzene rings is 1. The summed E-state index contributed by atoms with van der Waals surface area (Å²) in [5.74, 6) is -1.10. The van der Waals surface area contributed by atoms with Gasteiger partial charge >= 0.3 is 6.09 Å². The standard InChI is InChI=1S/C20H26ClNO8/c1-19(2)25-9-13(28-19)14-15(16-17(26-14)30-20(3,4)29-16)27-18(23)22-10-6-7-12(24-5)11(21)8-10/h6-8,13-17H,9H2,1-5H3,(H,22,23)/t13?,14-,15?,16?,17-/m1/s1. The summed E-state index contributed by atoms with van der Waals surface area (Å²) in [7, 11) is 1.51. The zero-order valence-electron chi connectivity index (χ0n) is 17.5. The van der Waals surface area contributed by atoms with Crippen LogP contribution in [0.25, 0.3) is 0 Å². The van der Waals surface area contributed by atoms with Gasteiger partial charge in [-0.3, -0.25) is 5.32 Å². The molecule has 166 valence electrons. The minimum atomic E-state index is -0.853. The smallest absolute Gasteiger partial charge is 0.412 e. The highest BCUT2D eigenvalue weighted by Gasteiger charge is 2.60. The Balaban J connectivity index is 1.48. The molecule has 5 atom stereocenters. The molecule has 3 aliphatic heterocycles. The third-order valence-corrected chi connectivity index (χ3v) is 5.36. The van der Waals surface area contributed by atoms with Crippen molar-refractivity contribution in [1.82, 2.24) is 0 Å². The van der Waals surface area contributed by atoms with E-state index in [0.29, 0.717) is 23.1 Å². The summed E-state index contributed by atoms with van der Waals surface area (Å²) in [6.07, 6.45) is -3.75. The van der Waals surface area contributed by atoms with Crippen LogP contribution in [-0.4, -0.2) is 62.1 Å². The number of methoxy groups -OCH3 is 1. The highest BCUT2D eigenvalue weighted by Crippen LogP contribution is 2.42.